The van der Waals surface area contributed by atoms with Gasteiger partial charge in [-0.2, -0.15) is 9.40 Å². The SMILES string of the molecule is Cn1cc([C@H]2CCCN(S(=O)(=O)c3c(F)cccc3F)C2)cn1. The van der Waals surface area contributed by atoms with E-state index in [-0.39, 0.29) is 19.0 Å². The van der Waals surface area contributed by atoms with Crippen molar-refractivity contribution in [2.45, 2.75) is 23.7 Å². The molecule has 1 fully saturated rings. The maximum atomic E-state index is 13.9. The number of benzene rings is 1. The molecule has 0 amide bonds. The Morgan fingerprint density at radius 2 is 1.96 bits per heavy atom. The second-order valence-electron chi connectivity index (χ2n) is 5.70. The van der Waals surface area contributed by atoms with E-state index >= 15 is 0 Å². The minimum atomic E-state index is -4.20. The Morgan fingerprint density at radius 1 is 1.26 bits per heavy atom. The van der Waals surface area contributed by atoms with Crippen LogP contribution < -0.4 is 0 Å². The molecule has 23 heavy (non-hydrogen) atoms. The van der Waals surface area contributed by atoms with Gasteiger partial charge in [0.25, 0.3) is 0 Å². The topological polar surface area (TPSA) is 55.2 Å². The van der Waals surface area contributed by atoms with Gasteiger partial charge in [-0.05, 0) is 30.5 Å². The van der Waals surface area contributed by atoms with Crippen LogP contribution in [0, 0.1) is 11.6 Å². The molecule has 8 heteroatoms. The number of aryl methyl sites for hydroxylation is 1. The third-order valence-corrected chi connectivity index (χ3v) is 6.01. The fourth-order valence-corrected chi connectivity index (χ4v) is 4.57. The van der Waals surface area contributed by atoms with E-state index in [9.17, 15) is 17.2 Å². The molecule has 1 aromatic heterocycles. The Labute approximate surface area is 133 Å². The van der Waals surface area contributed by atoms with Crippen LogP contribution in [0.3, 0.4) is 0 Å². The Balaban J connectivity index is 1.91. The lowest BCUT2D eigenvalue weighted by Crippen LogP contribution is -2.39. The molecule has 5 nitrogen and oxygen atoms in total. The highest BCUT2D eigenvalue weighted by Gasteiger charge is 2.34. The van der Waals surface area contributed by atoms with Crippen molar-refractivity contribution in [3.8, 4) is 0 Å². The van der Waals surface area contributed by atoms with Gasteiger partial charge in [-0.3, -0.25) is 4.68 Å². The van der Waals surface area contributed by atoms with Crippen molar-refractivity contribution in [2.24, 2.45) is 7.05 Å². The maximum absolute atomic E-state index is 13.9. The molecule has 1 saturated heterocycles. The summed E-state index contributed by atoms with van der Waals surface area (Å²) in [7, 11) is -2.41. The molecular weight excluding hydrogens is 324 g/mol. The highest BCUT2D eigenvalue weighted by Crippen LogP contribution is 2.31. The van der Waals surface area contributed by atoms with Gasteiger partial charge in [0.2, 0.25) is 10.0 Å². The van der Waals surface area contributed by atoms with E-state index in [1.165, 1.54) is 0 Å². The fraction of sp³-hybridized carbons (Fsp3) is 0.400. The lowest BCUT2D eigenvalue weighted by atomic mass is 9.94. The van der Waals surface area contributed by atoms with Crippen LogP contribution in [0.4, 0.5) is 8.78 Å². The minimum absolute atomic E-state index is 0.0259. The van der Waals surface area contributed by atoms with Crippen molar-refractivity contribution in [3.63, 3.8) is 0 Å². The van der Waals surface area contributed by atoms with E-state index in [2.05, 4.69) is 5.10 Å². The molecule has 0 unspecified atom stereocenters. The molecule has 0 saturated carbocycles. The fourth-order valence-electron chi connectivity index (χ4n) is 2.94. The van der Waals surface area contributed by atoms with Gasteiger partial charge < -0.3 is 0 Å². The summed E-state index contributed by atoms with van der Waals surface area (Å²) < 4.78 is 55.8. The van der Waals surface area contributed by atoms with Crippen LogP contribution in [0.2, 0.25) is 0 Å². The zero-order chi connectivity index (χ0) is 16.6. The summed E-state index contributed by atoms with van der Waals surface area (Å²) in [6.45, 7) is 0.453. The summed E-state index contributed by atoms with van der Waals surface area (Å²) in [4.78, 5) is -0.869. The first-order chi connectivity index (χ1) is 10.9. The van der Waals surface area contributed by atoms with Gasteiger partial charge in [0.1, 0.15) is 11.6 Å². The molecular formula is C15H17F2N3O2S. The Hall–Kier alpha value is -1.80. The Bertz CT molecular complexity index is 800. The van der Waals surface area contributed by atoms with Gasteiger partial charge in [0.05, 0.1) is 6.20 Å². The van der Waals surface area contributed by atoms with E-state index in [1.54, 1.807) is 17.9 Å². The third kappa shape index (κ3) is 3.00. The van der Waals surface area contributed by atoms with E-state index in [0.29, 0.717) is 6.42 Å². The molecule has 0 spiro atoms. The minimum Gasteiger partial charge on any atom is -0.276 e. The number of halogens is 2. The van der Waals surface area contributed by atoms with Crippen molar-refractivity contribution >= 4 is 10.0 Å². The zero-order valence-electron chi connectivity index (χ0n) is 12.6. The highest BCUT2D eigenvalue weighted by molar-refractivity contribution is 7.89. The van der Waals surface area contributed by atoms with Crippen molar-refractivity contribution in [3.05, 3.63) is 47.8 Å². The molecule has 2 aromatic rings. The number of nitrogens with zero attached hydrogens (tertiary/aromatic N) is 3. The summed E-state index contributed by atoms with van der Waals surface area (Å²) >= 11 is 0. The Kier molecular flexibility index (Phi) is 4.20. The normalized spacial score (nSPS) is 19.9. The largest absolute Gasteiger partial charge is 0.276 e. The van der Waals surface area contributed by atoms with Crippen LogP contribution in [0.5, 0.6) is 0 Å². The van der Waals surface area contributed by atoms with Gasteiger partial charge in [-0.1, -0.05) is 6.07 Å². The smallest absolute Gasteiger partial charge is 0.248 e. The summed E-state index contributed by atoms with van der Waals surface area (Å²) in [6.07, 6.45) is 4.99. The van der Waals surface area contributed by atoms with E-state index in [1.807, 2.05) is 6.20 Å². The number of rotatable bonds is 3. The first kappa shape index (κ1) is 16.1. The average molecular weight is 341 g/mol. The van der Waals surface area contributed by atoms with E-state index in [0.717, 1.165) is 34.5 Å². The summed E-state index contributed by atoms with van der Waals surface area (Å²) in [6, 6.07) is 3.06. The average Bonchev–Trinajstić information content (AvgIpc) is 2.94. The molecule has 1 aliphatic heterocycles. The molecule has 0 bridgehead atoms. The lowest BCUT2D eigenvalue weighted by molar-refractivity contribution is 0.313. The van der Waals surface area contributed by atoms with Crippen molar-refractivity contribution in [1.29, 1.82) is 0 Å². The maximum Gasteiger partial charge on any atom is 0.248 e. The van der Waals surface area contributed by atoms with Crippen LogP contribution in [-0.4, -0.2) is 35.6 Å². The van der Waals surface area contributed by atoms with Crippen LogP contribution >= 0.6 is 0 Å². The van der Waals surface area contributed by atoms with Crippen molar-refractivity contribution in [1.82, 2.24) is 14.1 Å². The van der Waals surface area contributed by atoms with E-state index < -0.39 is 26.6 Å². The summed E-state index contributed by atoms with van der Waals surface area (Å²) in [5.41, 5.74) is 0.932. The first-order valence-corrected chi connectivity index (χ1v) is 8.76. The predicted octanol–water partition coefficient (Wildman–Crippen LogP) is 2.27. The predicted molar refractivity (Wildman–Crippen MR) is 80.3 cm³/mol. The summed E-state index contributed by atoms with van der Waals surface area (Å²) in [5, 5.41) is 4.09. The van der Waals surface area contributed by atoms with Gasteiger partial charge in [0, 0.05) is 32.3 Å². The van der Waals surface area contributed by atoms with Crippen LogP contribution in [0.25, 0.3) is 0 Å². The van der Waals surface area contributed by atoms with Crippen LogP contribution in [-0.2, 0) is 17.1 Å². The molecule has 1 aromatic carbocycles. The molecule has 124 valence electrons. The number of hydrogen-bond donors (Lipinski definition) is 0. The molecule has 0 N–H and O–H groups in total. The zero-order valence-corrected chi connectivity index (χ0v) is 13.4. The number of piperidine rings is 1. The third-order valence-electron chi connectivity index (χ3n) is 4.10. The lowest BCUT2D eigenvalue weighted by Gasteiger charge is -2.31. The molecule has 3 rings (SSSR count). The van der Waals surface area contributed by atoms with Gasteiger partial charge >= 0.3 is 0 Å². The second-order valence-corrected chi connectivity index (χ2v) is 7.58. The monoisotopic (exact) mass is 341 g/mol. The van der Waals surface area contributed by atoms with Crippen molar-refractivity contribution < 1.29 is 17.2 Å². The molecule has 2 heterocycles. The number of sulfonamides is 1. The second kappa shape index (κ2) is 6.01. The highest BCUT2D eigenvalue weighted by atomic mass is 32.2. The van der Waals surface area contributed by atoms with Crippen LogP contribution in [0.15, 0.2) is 35.5 Å². The van der Waals surface area contributed by atoms with Gasteiger partial charge in [0.15, 0.2) is 4.90 Å². The molecule has 1 atom stereocenters. The van der Waals surface area contributed by atoms with Gasteiger partial charge in [-0.15, -0.1) is 0 Å². The quantitative estimate of drug-likeness (QED) is 0.860. The van der Waals surface area contributed by atoms with Crippen LogP contribution in [0.1, 0.15) is 24.3 Å². The Morgan fingerprint density at radius 3 is 2.57 bits per heavy atom. The van der Waals surface area contributed by atoms with Crippen molar-refractivity contribution in [2.75, 3.05) is 13.1 Å². The van der Waals surface area contributed by atoms with E-state index in [4.69, 9.17) is 0 Å². The summed E-state index contributed by atoms with van der Waals surface area (Å²) in [5.74, 6) is -2.15. The molecule has 0 radical (unpaired) electrons. The molecule has 1 aliphatic rings. The molecule has 0 aliphatic carbocycles. The first-order valence-electron chi connectivity index (χ1n) is 7.32. The van der Waals surface area contributed by atoms with Gasteiger partial charge in [-0.25, -0.2) is 17.2 Å². The number of hydrogen-bond acceptors (Lipinski definition) is 3. The standard InChI is InChI=1S/C15H17F2N3O2S/c1-19-9-12(8-18-19)11-4-3-7-20(10-11)23(21,22)15-13(16)5-2-6-14(15)17/h2,5-6,8-9,11H,3-4,7,10H2,1H3/t11-/m0/s1. The number of aromatic nitrogens is 2.